The first-order valence-electron chi connectivity index (χ1n) is 4.88. The van der Waals surface area contributed by atoms with E-state index in [1.54, 1.807) is 0 Å². The summed E-state index contributed by atoms with van der Waals surface area (Å²) in [6.45, 7) is 0. The van der Waals surface area contributed by atoms with Crippen molar-refractivity contribution in [3.05, 3.63) is 20.8 Å². The monoisotopic (exact) mass is 274 g/mol. The van der Waals surface area contributed by atoms with Crippen LogP contribution in [0.3, 0.4) is 0 Å². The zero-order valence-corrected chi connectivity index (χ0v) is 10.6. The predicted octanol–water partition coefficient (Wildman–Crippen LogP) is 2.51. The zero-order valence-electron chi connectivity index (χ0n) is 8.16. The van der Waals surface area contributed by atoms with Crippen LogP contribution in [-0.2, 0) is 0 Å². The molecule has 2 rings (SSSR count). The number of nitrogens with two attached hydrogens (primary N) is 1. The van der Waals surface area contributed by atoms with Gasteiger partial charge < -0.3 is 11.1 Å². The topological polar surface area (TPSA) is 38.0 Å². The van der Waals surface area contributed by atoms with Crippen LogP contribution in [-0.4, -0.2) is 13.1 Å². The Bertz CT molecular complexity index is 307. The first-order valence-corrected chi connectivity index (χ1v) is 6.49. The highest BCUT2D eigenvalue weighted by molar-refractivity contribution is 9.11. The van der Waals surface area contributed by atoms with Gasteiger partial charge in [0.2, 0.25) is 0 Å². The second kappa shape index (κ2) is 4.31. The molecule has 1 heterocycles. The highest BCUT2D eigenvalue weighted by Gasteiger charge is 2.33. The van der Waals surface area contributed by atoms with Crippen molar-refractivity contribution >= 4 is 27.3 Å². The first-order chi connectivity index (χ1) is 6.70. The van der Waals surface area contributed by atoms with Crippen LogP contribution in [0.2, 0.25) is 0 Å². The Hall–Kier alpha value is 0.1000. The third-order valence-corrected chi connectivity index (χ3v) is 4.60. The second-order valence-electron chi connectivity index (χ2n) is 3.90. The average Bonchev–Trinajstić information content (AvgIpc) is 2.50. The van der Waals surface area contributed by atoms with Crippen LogP contribution in [0.4, 0.5) is 0 Å². The van der Waals surface area contributed by atoms with E-state index in [1.165, 1.54) is 8.66 Å². The van der Waals surface area contributed by atoms with Gasteiger partial charge in [0.05, 0.1) is 3.79 Å². The van der Waals surface area contributed by atoms with Crippen molar-refractivity contribution in [3.8, 4) is 0 Å². The molecule has 1 aromatic heterocycles. The van der Waals surface area contributed by atoms with Crippen LogP contribution in [0.15, 0.2) is 15.9 Å². The quantitative estimate of drug-likeness (QED) is 0.889. The van der Waals surface area contributed by atoms with E-state index in [4.69, 9.17) is 5.73 Å². The molecular weight excluding hydrogens is 260 g/mol. The van der Waals surface area contributed by atoms with Crippen molar-refractivity contribution < 1.29 is 0 Å². The smallest absolute Gasteiger partial charge is 0.0701 e. The van der Waals surface area contributed by atoms with Gasteiger partial charge in [0.15, 0.2) is 0 Å². The lowest BCUT2D eigenvalue weighted by Gasteiger charge is -2.38. The molecule has 0 aromatic carbocycles. The maximum absolute atomic E-state index is 5.81. The van der Waals surface area contributed by atoms with Gasteiger partial charge in [-0.3, -0.25) is 0 Å². The fourth-order valence-corrected chi connectivity index (χ4v) is 3.71. The molecule has 0 bridgehead atoms. The van der Waals surface area contributed by atoms with Crippen LogP contribution < -0.4 is 11.1 Å². The summed E-state index contributed by atoms with van der Waals surface area (Å²) in [4.78, 5) is 1.41. The fourth-order valence-electron chi connectivity index (χ4n) is 2.09. The summed E-state index contributed by atoms with van der Waals surface area (Å²) in [6.07, 6.45) is 2.31. The van der Waals surface area contributed by atoms with Crippen LogP contribution >= 0.6 is 27.3 Å². The Balaban J connectivity index is 2.06. The number of thiophene rings is 1. The van der Waals surface area contributed by atoms with Crippen molar-refractivity contribution in [2.24, 2.45) is 11.7 Å². The summed E-state index contributed by atoms with van der Waals surface area (Å²) in [5, 5.41) is 3.39. The Morgan fingerprint density at radius 3 is 2.71 bits per heavy atom. The van der Waals surface area contributed by atoms with Crippen LogP contribution in [0.1, 0.15) is 23.8 Å². The number of hydrogen-bond donors (Lipinski definition) is 2. The number of halogens is 1. The van der Waals surface area contributed by atoms with E-state index in [-0.39, 0.29) is 0 Å². The summed E-state index contributed by atoms with van der Waals surface area (Å²) >= 11 is 5.31. The lowest BCUT2D eigenvalue weighted by molar-refractivity contribution is 0.206. The molecule has 1 atom stereocenters. The summed E-state index contributed by atoms with van der Waals surface area (Å²) in [5.74, 6) is 0.723. The molecule has 14 heavy (non-hydrogen) atoms. The predicted molar refractivity (Wildman–Crippen MR) is 64.5 cm³/mol. The van der Waals surface area contributed by atoms with Crippen molar-refractivity contribution in [1.29, 1.82) is 0 Å². The molecular formula is C10H15BrN2S. The normalized spacial score (nSPS) is 28.5. The minimum Gasteiger partial charge on any atom is -0.328 e. The molecule has 1 fully saturated rings. The van der Waals surface area contributed by atoms with Gasteiger partial charge in [-0.1, -0.05) is 0 Å². The van der Waals surface area contributed by atoms with Gasteiger partial charge in [0, 0.05) is 17.0 Å². The van der Waals surface area contributed by atoms with E-state index in [2.05, 4.69) is 33.4 Å². The van der Waals surface area contributed by atoms with Gasteiger partial charge in [-0.05, 0) is 53.9 Å². The molecule has 0 saturated heterocycles. The van der Waals surface area contributed by atoms with Crippen LogP contribution in [0.5, 0.6) is 0 Å². The Kier molecular flexibility index (Phi) is 3.27. The van der Waals surface area contributed by atoms with Crippen molar-refractivity contribution in [3.63, 3.8) is 0 Å². The SMILES string of the molecule is CNC(c1ccc(Br)s1)C1CC(N)C1. The van der Waals surface area contributed by atoms with Gasteiger partial charge in [-0.2, -0.15) is 0 Å². The first kappa shape index (κ1) is 10.6. The van der Waals surface area contributed by atoms with Crippen LogP contribution in [0, 0.1) is 5.92 Å². The molecule has 1 saturated carbocycles. The van der Waals surface area contributed by atoms with Gasteiger partial charge >= 0.3 is 0 Å². The Labute approximate surface area is 97.0 Å². The maximum Gasteiger partial charge on any atom is 0.0701 e. The van der Waals surface area contributed by atoms with Crippen molar-refractivity contribution in [1.82, 2.24) is 5.32 Å². The molecule has 0 aliphatic heterocycles. The third kappa shape index (κ3) is 2.03. The summed E-state index contributed by atoms with van der Waals surface area (Å²) in [7, 11) is 2.03. The van der Waals surface area contributed by atoms with Gasteiger partial charge in [-0.15, -0.1) is 11.3 Å². The van der Waals surface area contributed by atoms with E-state index in [1.807, 2.05) is 18.4 Å². The molecule has 78 valence electrons. The van der Waals surface area contributed by atoms with Crippen molar-refractivity contribution in [2.75, 3.05) is 7.05 Å². The molecule has 1 aliphatic rings. The number of nitrogens with one attached hydrogen (secondary N) is 1. The molecule has 4 heteroatoms. The van der Waals surface area contributed by atoms with E-state index in [0.29, 0.717) is 12.1 Å². The zero-order chi connectivity index (χ0) is 10.1. The number of rotatable bonds is 3. The summed E-state index contributed by atoms with van der Waals surface area (Å²) in [5.41, 5.74) is 5.81. The highest BCUT2D eigenvalue weighted by Crippen LogP contribution is 2.39. The van der Waals surface area contributed by atoms with E-state index in [0.717, 1.165) is 18.8 Å². The lowest BCUT2D eigenvalue weighted by Crippen LogP contribution is -2.42. The molecule has 1 aromatic rings. The minimum atomic E-state index is 0.430. The molecule has 1 unspecified atom stereocenters. The Morgan fingerprint density at radius 2 is 2.29 bits per heavy atom. The molecule has 2 nitrogen and oxygen atoms in total. The molecule has 0 amide bonds. The molecule has 0 spiro atoms. The highest BCUT2D eigenvalue weighted by atomic mass is 79.9. The molecule has 3 N–H and O–H groups in total. The molecule has 1 aliphatic carbocycles. The Morgan fingerprint density at radius 1 is 1.57 bits per heavy atom. The van der Waals surface area contributed by atoms with Crippen LogP contribution in [0.25, 0.3) is 0 Å². The maximum atomic E-state index is 5.81. The standard InChI is InChI=1S/C10H15BrN2S/c1-13-10(6-4-7(12)5-6)8-2-3-9(11)14-8/h2-3,6-7,10,13H,4-5,12H2,1H3. The largest absolute Gasteiger partial charge is 0.328 e. The minimum absolute atomic E-state index is 0.430. The average molecular weight is 275 g/mol. The third-order valence-electron chi connectivity index (χ3n) is 2.89. The van der Waals surface area contributed by atoms with E-state index in [9.17, 15) is 0 Å². The summed E-state index contributed by atoms with van der Waals surface area (Å²) < 4.78 is 1.20. The summed E-state index contributed by atoms with van der Waals surface area (Å²) in [6, 6.07) is 5.23. The number of hydrogen-bond acceptors (Lipinski definition) is 3. The van der Waals surface area contributed by atoms with E-state index < -0.39 is 0 Å². The van der Waals surface area contributed by atoms with Gasteiger partial charge in [0.1, 0.15) is 0 Å². The lowest BCUT2D eigenvalue weighted by atomic mass is 9.75. The van der Waals surface area contributed by atoms with E-state index >= 15 is 0 Å². The second-order valence-corrected chi connectivity index (χ2v) is 6.39. The molecule has 0 radical (unpaired) electrons. The fraction of sp³-hybridized carbons (Fsp3) is 0.600. The van der Waals surface area contributed by atoms with Crippen molar-refractivity contribution in [2.45, 2.75) is 24.9 Å². The van der Waals surface area contributed by atoms with Gasteiger partial charge in [-0.25, -0.2) is 0 Å². The van der Waals surface area contributed by atoms with Gasteiger partial charge in [0.25, 0.3) is 0 Å².